The Kier molecular flexibility index (Phi) is 8.05. The Hall–Kier alpha value is -1.54. The van der Waals surface area contributed by atoms with Gasteiger partial charge in [-0.3, -0.25) is 4.79 Å². The van der Waals surface area contributed by atoms with E-state index in [0.717, 1.165) is 0 Å². The number of hydrogen-bond donors (Lipinski definition) is 3. The Morgan fingerprint density at radius 2 is 1.76 bits per heavy atom. The van der Waals surface area contributed by atoms with Gasteiger partial charge in [0.15, 0.2) is 0 Å². The van der Waals surface area contributed by atoms with E-state index in [9.17, 15) is 27.2 Å². The van der Waals surface area contributed by atoms with Crippen molar-refractivity contribution in [2.75, 3.05) is 13.1 Å². The summed E-state index contributed by atoms with van der Waals surface area (Å²) in [5, 5.41) is 12.6. The summed E-state index contributed by atoms with van der Waals surface area (Å²) in [6.07, 6.45) is -3.51. The predicted octanol–water partition coefficient (Wildman–Crippen LogP) is 2.32. The molecule has 124 valence electrons. The van der Waals surface area contributed by atoms with Crippen LogP contribution < -0.4 is 10.6 Å². The first kappa shape index (κ1) is 19.5. The molecule has 0 aliphatic heterocycles. The van der Waals surface area contributed by atoms with E-state index in [2.05, 4.69) is 5.32 Å². The van der Waals surface area contributed by atoms with Crippen molar-refractivity contribution in [2.45, 2.75) is 39.0 Å². The minimum absolute atomic E-state index is 0.0312. The highest BCUT2D eigenvalue weighted by Crippen LogP contribution is 2.21. The van der Waals surface area contributed by atoms with Gasteiger partial charge in [-0.25, -0.2) is 13.6 Å². The number of carboxylic acid groups (broad SMARTS) is 1. The van der Waals surface area contributed by atoms with E-state index in [1.165, 1.54) is 0 Å². The minimum atomic E-state index is -4.30. The molecular weight excluding hydrogens is 296 g/mol. The van der Waals surface area contributed by atoms with Crippen molar-refractivity contribution in [3.8, 4) is 0 Å². The fraction of sp³-hybridized carbons (Fsp3) is 0.833. The predicted molar refractivity (Wildman–Crippen MR) is 67.6 cm³/mol. The van der Waals surface area contributed by atoms with E-state index < -0.39 is 30.9 Å². The van der Waals surface area contributed by atoms with Gasteiger partial charge in [-0.1, -0.05) is 13.8 Å². The number of alkyl halides is 4. The molecule has 21 heavy (non-hydrogen) atoms. The molecule has 0 aromatic heterocycles. The molecule has 0 bridgehead atoms. The van der Waals surface area contributed by atoms with Gasteiger partial charge >= 0.3 is 24.3 Å². The summed E-state index contributed by atoms with van der Waals surface area (Å²) in [5.74, 6) is -5.49. The Morgan fingerprint density at radius 3 is 2.19 bits per heavy atom. The quantitative estimate of drug-likeness (QED) is 0.571. The standard InChI is InChI=1S/C12H20F4N2O3/c1-7(2)3-8(4-9(19)20)5-17-11(21)18-6-12(15,16)10(13)14/h7-8,10H,3-6H2,1-2H3,(H,19,20)(H2,17,18,21). The van der Waals surface area contributed by atoms with Gasteiger partial charge in [0, 0.05) is 13.0 Å². The summed E-state index contributed by atoms with van der Waals surface area (Å²) in [5.41, 5.74) is 0. The number of carboxylic acids is 1. The zero-order valence-corrected chi connectivity index (χ0v) is 11.8. The van der Waals surface area contributed by atoms with Crippen LogP contribution in [0.2, 0.25) is 0 Å². The van der Waals surface area contributed by atoms with E-state index in [1.54, 1.807) is 5.32 Å². The first-order chi connectivity index (χ1) is 9.54. The van der Waals surface area contributed by atoms with Crippen LogP contribution in [0.4, 0.5) is 22.4 Å². The number of rotatable bonds is 9. The third kappa shape index (κ3) is 9.09. The number of carbonyl (C=O) groups is 2. The lowest BCUT2D eigenvalue weighted by molar-refractivity contribution is -0.138. The highest BCUT2D eigenvalue weighted by molar-refractivity contribution is 5.74. The molecule has 0 radical (unpaired) electrons. The molecule has 2 amide bonds. The lowest BCUT2D eigenvalue weighted by Crippen LogP contribution is -2.46. The number of nitrogens with one attached hydrogen (secondary N) is 2. The molecule has 0 rings (SSSR count). The Morgan fingerprint density at radius 1 is 1.19 bits per heavy atom. The maximum atomic E-state index is 12.6. The number of carbonyl (C=O) groups excluding carboxylic acids is 1. The number of aliphatic carboxylic acids is 1. The third-order valence-electron chi connectivity index (χ3n) is 2.62. The van der Waals surface area contributed by atoms with Crippen LogP contribution in [0.1, 0.15) is 26.7 Å². The zero-order chi connectivity index (χ0) is 16.6. The average molecular weight is 316 g/mol. The van der Waals surface area contributed by atoms with Crippen molar-refractivity contribution in [1.29, 1.82) is 0 Å². The molecule has 0 aromatic rings. The van der Waals surface area contributed by atoms with Crippen molar-refractivity contribution in [1.82, 2.24) is 10.6 Å². The zero-order valence-electron chi connectivity index (χ0n) is 11.8. The highest BCUT2D eigenvalue weighted by Gasteiger charge is 2.40. The molecule has 0 spiro atoms. The number of urea groups is 1. The number of halogens is 4. The van der Waals surface area contributed by atoms with Crippen LogP contribution in [0.3, 0.4) is 0 Å². The molecule has 3 N–H and O–H groups in total. The van der Waals surface area contributed by atoms with Crippen LogP contribution >= 0.6 is 0 Å². The molecule has 0 fully saturated rings. The van der Waals surface area contributed by atoms with Crippen molar-refractivity contribution < 1.29 is 32.3 Å². The van der Waals surface area contributed by atoms with E-state index in [-0.39, 0.29) is 24.8 Å². The molecule has 9 heteroatoms. The molecule has 0 aromatic carbocycles. The second-order valence-corrected chi connectivity index (χ2v) is 5.22. The normalized spacial score (nSPS) is 13.3. The minimum Gasteiger partial charge on any atom is -0.481 e. The van der Waals surface area contributed by atoms with E-state index in [1.807, 2.05) is 13.8 Å². The first-order valence-corrected chi connectivity index (χ1v) is 6.44. The summed E-state index contributed by atoms with van der Waals surface area (Å²) in [6, 6.07) is -1.03. The Bertz CT molecular complexity index is 351. The molecule has 5 nitrogen and oxygen atoms in total. The smallest absolute Gasteiger partial charge is 0.324 e. The van der Waals surface area contributed by atoms with E-state index in [0.29, 0.717) is 6.42 Å². The van der Waals surface area contributed by atoms with Crippen molar-refractivity contribution in [3.63, 3.8) is 0 Å². The van der Waals surface area contributed by atoms with Gasteiger partial charge in [-0.15, -0.1) is 0 Å². The third-order valence-corrected chi connectivity index (χ3v) is 2.62. The molecule has 0 saturated carbocycles. The van der Waals surface area contributed by atoms with Crippen LogP contribution in [0.25, 0.3) is 0 Å². The second kappa shape index (κ2) is 8.68. The van der Waals surface area contributed by atoms with Gasteiger partial charge in [0.1, 0.15) is 0 Å². The summed E-state index contributed by atoms with van der Waals surface area (Å²) < 4.78 is 48.9. The summed E-state index contributed by atoms with van der Waals surface area (Å²) in [4.78, 5) is 21.9. The fourth-order valence-electron chi connectivity index (χ4n) is 1.73. The van der Waals surface area contributed by atoms with Crippen LogP contribution in [0.15, 0.2) is 0 Å². The monoisotopic (exact) mass is 316 g/mol. The number of amides is 2. The van der Waals surface area contributed by atoms with E-state index in [4.69, 9.17) is 5.11 Å². The molecule has 1 atom stereocenters. The first-order valence-electron chi connectivity index (χ1n) is 6.44. The largest absolute Gasteiger partial charge is 0.481 e. The lowest BCUT2D eigenvalue weighted by atomic mass is 9.94. The number of hydrogen-bond acceptors (Lipinski definition) is 2. The van der Waals surface area contributed by atoms with Crippen LogP contribution in [-0.2, 0) is 4.79 Å². The van der Waals surface area contributed by atoms with Crippen molar-refractivity contribution >= 4 is 12.0 Å². The van der Waals surface area contributed by atoms with Gasteiger partial charge in [-0.2, -0.15) is 8.78 Å². The van der Waals surface area contributed by atoms with Gasteiger partial charge in [0.25, 0.3) is 0 Å². The summed E-state index contributed by atoms with van der Waals surface area (Å²) in [6.45, 7) is 2.23. The Labute approximate surface area is 120 Å². The maximum absolute atomic E-state index is 12.6. The van der Waals surface area contributed by atoms with Crippen molar-refractivity contribution in [2.24, 2.45) is 11.8 Å². The van der Waals surface area contributed by atoms with Crippen LogP contribution in [-0.4, -0.2) is 42.5 Å². The van der Waals surface area contributed by atoms with Gasteiger partial charge in [0.05, 0.1) is 6.54 Å². The molecule has 0 aliphatic carbocycles. The van der Waals surface area contributed by atoms with Crippen LogP contribution in [0.5, 0.6) is 0 Å². The van der Waals surface area contributed by atoms with Gasteiger partial charge < -0.3 is 15.7 Å². The summed E-state index contributed by atoms with van der Waals surface area (Å²) >= 11 is 0. The lowest BCUT2D eigenvalue weighted by Gasteiger charge is -2.19. The van der Waals surface area contributed by atoms with Crippen LogP contribution in [0, 0.1) is 11.8 Å². The van der Waals surface area contributed by atoms with Crippen molar-refractivity contribution in [3.05, 3.63) is 0 Å². The molecule has 0 aliphatic rings. The van der Waals surface area contributed by atoms with Gasteiger partial charge in [0.2, 0.25) is 0 Å². The second-order valence-electron chi connectivity index (χ2n) is 5.22. The SMILES string of the molecule is CC(C)CC(CNC(=O)NCC(F)(F)C(F)F)CC(=O)O. The van der Waals surface area contributed by atoms with E-state index >= 15 is 0 Å². The topological polar surface area (TPSA) is 78.4 Å². The molecular formula is C12H20F4N2O3. The highest BCUT2D eigenvalue weighted by atomic mass is 19.3. The molecule has 1 unspecified atom stereocenters. The maximum Gasteiger partial charge on any atom is 0.324 e. The fourth-order valence-corrected chi connectivity index (χ4v) is 1.73. The average Bonchev–Trinajstić information content (AvgIpc) is 2.32. The molecule has 0 heterocycles. The van der Waals surface area contributed by atoms with Gasteiger partial charge in [-0.05, 0) is 18.3 Å². The molecule has 0 saturated heterocycles. The summed E-state index contributed by atoms with van der Waals surface area (Å²) in [7, 11) is 0. The Balaban J connectivity index is 4.21.